The topological polar surface area (TPSA) is 40.6 Å². The molecule has 1 heterocycles. The van der Waals surface area contributed by atoms with Crippen molar-refractivity contribution in [2.24, 2.45) is 0 Å². The first kappa shape index (κ1) is 12.9. The van der Waals surface area contributed by atoms with Gasteiger partial charge in [-0.15, -0.1) is 0 Å². The largest absolute Gasteiger partial charge is 0.478 e. The fourth-order valence-corrected chi connectivity index (χ4v) is 2.65. The van der Waals surface area contributed by atoms with E-state index in [-0.39, 0.29) is 6.10 Å². The molecule has 0 saturated heterocycles. The Bertz CT molecular complexity index is 612. The molecular formula is C16H17NO3. The van der Waals surface area contributed by atoms with Crippen LogP contribution in [0.25, 0.3) is 0 Å². The van der Waals surface area contributed by atoms with Crippen LogP contribution in [-0.4, -0.2) is 19.2 Å². The molecule has 0 bridgehead atoms. The molecule has 0 amide bonds. The van der Waals surface area contributed by atoms with Gasteiger partial charge in [0, 0.05) is 18.9 Å². The molecule has 104 valence electrons. The minimum absolute atomic E-state index is 0.171. The van der Waals surface area contributed by atoms with Crippen molar-refractivity contribution in [3.05, 3.63) is 47.7 Å². The van der Waals surface area contributed by atoms with E-state index in [1.807, 2.05) is 24.3 Å². The van der Waals surface area contributed by atoms with Crippen LogP contribution in [0.1, 0.15) is 23.7 Å². The second-order valence-electron chi connectivity index (χ2n) is 4.70. The maximum absolute atomic E-state index is 5.99. The molecule has 0 spiro atoms. The molecule has 1 aromatic carbocycles. The zero-order valence-electron chi connectivity index (χ0n) is 11.6. The van der Waals surface area contributed by atoms with Gasteiger partial charge in [-0.3, -0.25) is 0 Å². The van der Waals surface area contributed by atoms with E-state index in [4.69, 9.17) is 14.2 Å². The first-order valence-corrected chi connectivity index (χ1v) is 6.65. The normalized spacial score (nSPS) is 16.8. The number of hydrogen-bond donors (Lipinski definition) is 0. The van der Waals surface area contributed by atoms with E-state index in [1.165, 1.54) is 11.1 Å². The Morgan fingerprint density at radius 1 is 1.10 bits per heavy atom. The van der Waals surface area contributed by atoms with Gasteiger partial charge in [0.05, 0.1) is 13.2 Å². The molecule has 3 rings (SSSR count). The molecule has 1 aliphatic carbocycles. The number of pyridine rings is 1. The maximum atomic E-state index is 5.99. The highest BCUT2D eigenvalue weighted by Gasteiger charge is 2.25. The Labute approximate surface area is 118 Å². The van der Waals surface area contributed by atoms with Gasteiger partial charge in [-0.2, -0.15) is 0 Å². The molecule has 2 aromatic rings. The fraction of sp³-hybridized carbons (Fsp3) is 0.312. The summed E-state index contributed by atoms with van der Waals surface area (Å²) in [4.78, 5) is 4.15. The monoisotopic (exact) mass is 271 g/mol. The van der Waals surface area contributed by atoms with Crippen molar-refractivity contribution in [2.45, 2.75) is 18.9 Å². The summed E-state index contributed by atoms with van der Waals surface area (Å²) in [6, 6.07) is 9.76. The molecule has 1 unspecified atom stereocenters. The van der Waals surface area contributed by atoms with Crippen LogP contribution in [0.3, 0.4) is 0 Å². The molecule has 1 aromatic heterocycles. The van der Waals surface area contributed by atoms with Crippen LogP contribution >= 0.6 is 0 Å². The SMILES string of the molecule is COc1ncccc1Oc1cccc2c1CCC2OC. The van der Waals surface area contributed by atoms with E-state index in [0.717, 1.165) is 18.6 Å². The van der Waals surface area contributed by atoms with Crippen molar-refractivity contribution in [1.82, 2.24) is 4.98 Å². The lowest BCUT2D eigenvalue weighted by atomic mass is 10.1. The molecule has 0 saturated carbocycles. The third kappa shape index (κ3) is 2.23. The summed E-state index contributed by atoms with van der Waals surface area (Å²) in [7, 11) is 3.34. The molecule has 20 heavy (non-hydrogen) atoms. The van der Waals surface area contributed by atoms with Gasteiger partial charge in [0.2, 0.25) is 0 Å². The van der Waals surface area contributed by atoms with Crippen molar-refractivity contribution < 1.29 is 14.2 Å². The highest BCUT2D eigenvalue weighted by molar-refractivity contribution is 5.47. The van der Waals surface area contributed by atoms with Crippen LogP contribution in [0, 0.1) is 0 Å². The van der Waals surface area contributed by atoms with Crippen molar-refractivity contribution in [3.8, 4) is 17.4 Å². The summed E-state index contributed by atoms with van der Waals surface area (Å²) in [5.41, 5.74) is 2.43. The third-order valence-electron chi connectivity index (χ3n) is 3.61. The third-order valence-corrected chi connectivity index (χ3v) is 3.61. The molecule has 0 N–H and O–H groups in total. The predicted octanol–water partition coefficient (Wildman–Crippen LogP) is 3.52. The summed E-state index contributed by atoms with van der Waals surface area (Å²) in [6.45, 7) is 0. The number of ether oxygens (including phenoxy) is 3. The van der Waals surface area contributed by atoms with Crippen LogP contribution in [0.2, 0.25) is 0 Å². The van der Waals surface area contributed by atoms with E-state index in [0.29, 0.717) is 11.6 Å². The van der Waals surface area contributed by atoms with Gasteiger partial charge in [-0.05, 0) is 36.6 Å². The van der Waals surface area contributed by atoms with Crippen molar-refractivity contribution in [2.75, 3.05) is 14.2 Å². The van der Waals surface area contributed by atoms with E-state index in [2.05, 4.69) is 11.1 Å². The Kier molecular flexibility index (Phi) is 3.56. The Hall–Kier alpha value is -2.07. The molecule has 0 radical (unpaired) electrons. The zero-order valence-corrected chi connectivity index (χ0v) is 11.6. The number of benzene rings is 1. The lowest BCUT2D eigenvalue weighted by Gasteiger charge is -2.13. The van der Waals surface area contributed by atoms with Crippen molar-refractivity contribution in [3.63, 3.8) is 0 Å². The van der Waals surface area contributed by atoms with E-state index in [9.17, 15) is 0 Å². The lowest BCUT2D eigenvalue weighted by molar-refractivity contribution is 0.105. The number of hydrogen-bond acceptors (Lipinski definition) is 4. The Morgan fingerprint density at radius 2 is 1.95 bits per heavy atom. The lowest BCUT2D eigenvalue weighted by Crippen LogP contribution is -1.97. The van der Waals surface area contributed by atoms with Gasteiger partial charge < -0.3 is 14.2 Å². The first-order valence-electron chi connectivity index (χ1n) is 6.65. The Balaban J connectivity index is 1.95. The fourth-order valence-electron chi connectivity index (χ4n) is 2.65. The average molecular weight is 271 g/mol. The van der Waals surface area contributed by atoms with Gasteiger partial charge in [-0.25, -0.2) is 4.98 Å². The number of fused-ring (bicyclic) bond motifs is 1. The standard InChI is InChI=1S/C16H17NO3/c1-18-13-9-8-12-11(13)5-3-6-14(12)20-15-7-4-10-17-16(15)19-2/h3-7,10,13H,8-9H2,1-2H3. The van der Waals surface area contributed by atoms with E-state index >= 15 is 0 Å². The molecule has 0 aliphatic heterocycles. The average Bonchev–Trinajstić information content (AvgIpc) is 2.92. The summed E-state index contributed by atoms with van der Waals surface area (Å²) in [5.74, 6) is 1.98. The number of aromatic nitrogens is 1. The highest BCUT2D eigenvalue weighted by Crippen LogP contribution is 2.41. The van der Waals surface area contributed by atoms with Crippen LogP contribution in [0.15, 0.2) is 36.5 Å². The van der Waals surface area contributed by atoms with Crippen LogP contribution in [0.5, 0.6) is 17.4 Å². The van der Waals surface area contributed by atoms with E-state index < -0.39 is 0 Å². The van der Waals surface area contributed by atoms with Crippen LogP contribution in [-0.2, 0) is 11.2 Å². The number of methoxy groups -OCH3 is 2. The van der Waals surface area contributed by atoms with Crippen molar-refractivity contribution >= 4 is 0 Å². The van der Waals surface area contributed by atoms with Crippen molar-refractivity contribution in [1.29, 1.82) is 0 Å². The smallest absolute Gasteiger partial charge is 0.257 e. The molecule has 1 atom stereocenters. The molecule has 1 aliphatic rings. The summed E-state index contributed by atoms with van der Waals surface area (Å²) in [6.07, 6.45) is 3.81. The number of nitrogens with zero attached hydrogens (tertiary/aromatic N) is 1. The predicted molar refractivity (Wildman–Crippen MR) is 75.4 cm³/mol. The zero-order chi connectivity index (χ0) is 13.9. The summed E-state index contributed by atoms with van der Waals surface area (Å²) >= 11 is 0. The summed E-state index contributed by atoms with van der Waals surface area (Å²) in [5, 5.41) is 0. The second-order valence-corrected chi connectivity index (χ2v) is 4.70. The molecule has 0 fully saturated rings. The van der Waals surface area contributed by atoms with Crippen LogP contribution in [0.4, 0.5) is 0 Å². The van der Waals surface area contributed by atoms with Gasteiger partial charge in [0.1, 0.15) is 5.75 Å². The number of rotatable bonds is 4. The van der Waals surface area contributed by atoms with Gasteiger partial charge in [0.25, 0.3) is 5.88 Å². The molecule has 4 nitrogen and oxygen atoms in total. The first-order chi connectivity index (χ1) is 9.83. The Morgan fingerprint density at radius 3 is 2.75 bits per heavy atom. The summed E-state index contributed by atoms with van der Waals surface area (Å²) < 4.78 is 16.7. The van der Waals surface area contributed by atoms with Gasteiger partial charge >= 0.3 is 0 Å². The molecular weight excluding hydrogens is 254 g/mol. The van der Waals surface area contributed by atoms with E-state index in [1.54, 1.807) is 20.4 Å². The van der Waals surface area contributed by atoms with Gasteiger partial charge in [0.15, 0.2) is 5.75 Å². The quantitative estimate of drug-likeness (QED) is 0.853. The minimum atomic E-state index is 0.171. The molecule has 4 heteroatoms. The highest BCUT2D eigenvalue weighted by atomic mass is 16.5. The minimum Gasteiger partial charge on any atom is -0.478 e. The maximum Gasteiger partial charge on any atom is 0.257 e. The van der Waals surface area contributed by atoms with Crippen LogP contribution < -0.4 is 9.47 Å². The van der Waals surface area contributed by atoms with Gasteiger partial charge in [-0.1, -0.05) is 12.1 Å². The second kappa shape index (κ2) is 5.51.